The van der Waals surface area contributed by atoms with Crippen LogP contribution in [0.4, 0.5) is 0 Å². The second-order valence-electron chi connectivity index (χ2n) is 4.29. The van der Waals surface area contributed by atoms with Crippen molar-refractivity contribution in [1.82, 2.24) is 5.43 Å². The maximum Gasteiger partial charge on any atom is 0.271 e. The van der Waals surface area contributed by atoms with Gasteiger partial charge in [0.25, 0.3) is 5.91 Å². The summed E-state index contributed by atoms with van der Waals surface area (Å²) in [6.45, 7) is 0. The predicted octanol–water partition coefficient (Wildman–Crippen LogP) is 3.12. The Balaban J connectivity index is 2.08. The van der Waals surface area contributed by atoms with E-state index in [1.165, 1.54) is 20.4 Å². The molecule has 0 aliphatic rings. The minimum absolute atomic E-state index is 0.357. The standard InChI is InChI=1S/C16H15ClN2O3/c1-21-14-8-7-11(9-15(14)22-2)16(20)19-18-10-12-5-3-4-6-13(12)17/h3-10H,1-2H3,(H,19,20)/b18-10-. The Morgan fingerprint density at radius 2 is 1.86 bits per heavy atom. The molecule has 2 rings (SSSR count). The van der Waals surface area contributed by atoms with E-state index in [9.17, 15) is 4.79 Å². The second-order valence-corrected chi connectivity index (χ2v) is 4.70. The monoisotopic (exact) mass is 318 g/mol. The number of hydrazone groups is 1. The molecule has 0 saturated carbocycles. The molecule has 0 aliphatic carbocycles. The van der Waals surface area contributed by atoms with Gasteiger partial charge in [0, 0.05) is 16.1 Å². The highest BCUT2D eigenvalue weighted by Gasteiger charge is 2.09. The molecule has 22 heavy (non-hydrogen) atoms. The Morgan fingerprint density at radius 3 is 2.55 bits per heavy atom. The summed E-state index contributed by atoms with van der Waals surface area (Å²) in [5.74, 6) is 0.674. The van der Waals surface area contributed by atoms with Crippen LogP contribution in [-0.2, 0) is 0 Å². The van der Waals surface area contributed by atoms with Gasteiger partial charge in [0.2, 0.25) is 0 Å². The molecule has 0 heterocycles. The minimum Gasteiger partial charge on any atom is -0.493 e. The molecule has 114 valence electrons. The number of rotatable bonds is 5. The third-order valence-electron chi connectivity index (χ3n) is 2.92. The van der Waals surface area contributed by atoms with Crippen molar-refractivity contribution < 1.29 is 14.3 Å². The zero-order chi connectivity index (χ0) is 15.9. The van der Waals surface area contributed by atoms with Gasteiger partial charge in [0.05, 0.1) is 20.4 Å². The average Bonchev–Trinajstić information content (AvgIpc) is 2.55. The molecule has 2 aromatic rings. The normalized spacial score (nSPS) is 10.5. The van der Waals surface area contributed by atoms with Crippen LogP contribution in [0.15, 0.2) is 47.6 Å². The number of ether oxygens (including phenoxy) is 2. The molecule has 0 radical (unpaired) electrons. The summed E-state index contributed by atoms with van der Waals surface area (Å²) in [5, 5.41) is 4.46. The van der Waals surface area contributed by atoms with Crippen LogP contribution in [-0.4, -0.2) is 26.3 Å². The number of hydrogen-bond donors (Lipinski definition) is 1. The van der Waals surface area contributed by atoms with E-state index in [0.717, 1.165) is 5.56 Å². The van der Waals surface area contributed by atoms with Crippen molar-refractivity contribution in [3.8, 4) is 11.5 Å². The molecule has 1 N–H and O–H groups in total. The summed E-state index contributed by atoms with van der Waals surface area (Å²) >= 11 is 6.00. The summed E-state index contributed by atoms with van der Waals surface area (Å²) in [5.41, 5.74) is 3.57. The Kier molecular flexibility index (Phi) is 5.38. The van der Waals surface area contributed by atoms with Crippen LogP contribution in [0.2, 0.25) is 5.02 Å². The molecule has 0 fully saturated rings. The largest absolute Gasteiger partial charge is 0.493 e. The highest BCUT2D eigenvalue weighted by Crippen LogP contribution is 2.27. The molecular weight excluding hydrogens is 304 g/mol. The van der Waals surface area contributed by atoms with Crippen molar-refractivity contribution in [3.63, 3.8) is 0 Å². The molecule has 6 heteroatoms. The van der Waals surface area contributed by atoms with Gasteiger partial charge in [-0.1, -0.05) is 29.8 Å². The molecule has 5 nitrogen and oxygen atoms in total. The Morgan fingerprint density at radius 1 is 1.14 bits per heavy atom. The first-order valence-electron chi connectivity index (χ1n) is 6.45. The highest BCUT2D eigenvalue weighted by molar-refractivity contribution is 6.33. The molecule has 0 aromatic heterocycles. The van der Waals surface area contributed by atoms with Crippen LogP contribution in [0.3, 0.4) is 0 Å². The number of halogens is 1. The van der Waals surface area contributed by atoms with Crippen molar-refractivity contribution in [2.24, 2.45) is 5.10 Å². The lowest BCUT2D eigenvalue weighted by Gasteiger charge is -2.08. The van der Waals surface area contributed by atoms with E-state index in [4.69, 9.17) is 21.1 Å². The van der Waals surface area contributed by atoms with E-state index in [2.05, 4.69) is 10.5 Å². The molecule has 0 atom stereocenters. The second kappa shape index (κ2) is 7.47. The highest BCUT2D eigenvalue weighted by atomic mass is 35.5. The summed E-state index contributed by atoms with van der Waals surface area (Å²) in [4.78, 5) is 12.0. The number of benzene rings is 2. The van der Waals surface area contributed by atoms with Crippen molar-refractivity contribution in [2.75, 3.05) is 14.2 Å². The zero-order valence-electron chi connectivity index (χ0n) is 12.2. The van der Waals surface area contributed by atoms with Gasteiger partial charge in [0.1, 0.15) is 0 Å². The third kappa shape index (κ3) is 3.77. The van der Waals surface area contributed by atoms with E-state index in [-0.39, 0.29) is 5.91 Å². The summed E-state index contributed by atoms with van der Waals surface area (Å²) in [7, 11) is 3.04. The molecular formula is C16H15ClN2O3. The SMILES string of the molecule is COc1ccc(C(=O)N/N=C\c2ccccc2Cl)cc1OC. The van der Waals surface area contributed by atoms with Crippen molar-refractivity contribution >= 4 is 23.7 Å². The van der Waals surface area contributed by atoms with Crippen LogP contribution in [0.1, 0.15) is 15.9 Å². The van der Waals surface area contributed by atoms with E-state index in [1.807, 2.05) is 12.1 Å². The Labute approximate surface area is 133 Å². The van der Waals surface area contributed by atoms with Crippen LogP contribution >= 0.6 is 11.6 Å². The number of hydrogen-bond acceptors (Lipinski definition) is 4. The first kappa shape index (κ1) is 15.9. The lowest BCUT2D eigenvalue weighted by molar-refractivity contribution is 0.0954. The molecule has 2 aromatic carbocycles. The molecule has 0 spiro atoms. The van der Waals surface area contributed by atoms with Gasteiger partial charge in [-0.05, 0) is 24.3 Å². The van der Waals surface area contributed by atoms with Crippen molar-refractivity contribution in [3.05, 3.63) is 58.6 Å². The zero-order valence-corrected chi connectivity index (χ0v) is 12.9. The maximum atomic E-state index is 12.0. The van der Waals surface area contributed by atoms with Gasteiger partial charge in [0.15, 0.2) is 11.5 Å². The molecule has 0 saturated heterocycles. The minimum atomic E-state index is -0.357. The lowest BCUT2D eigenvalue weighted by atomic mass is 10.2. The average molecular weight is 319 g/mol. The maximum absolute atomic E-state index is 12.0. The van der Waals surface area contributed by atoms with Gasteiger partial charge in [-0.15, -0.1) is 0 Å². The van der Waals surface area contributed by atoms with E-state index in [0.29, 0.717) is 22.1 Å². The number of carbonyl (C=O) groups excluding carboxylic acids is 1. The number of carbonyl (C=O) groups is 1. The molecule has 0 unspecified atom stereocenters. The number of amides is 1. The van der Waals surface area contributed by atoms with Crippen LogP contribution in [0, 0.1) is 0 Å². The van der Waals surface area contributed by atoms with Crippen LogP contribution in [0.5, 0.6) is 11.5 Å². The van der Waals surface area contributed by atoms with Crippen LogP contribution < -0.4 is 14.9 Å². The summed E-state index contributed by atoms with van der Waals surface area (Å²) in [6.07, 6.45) is 1.49. The van der Waals surface area contributed by atoms with E-state index >= 15 is 0 Å². The molecule has 0 bridgehead atoms. The topological polar surface area (TPSA) is 59.9 Å². The first-order chi connectivity index (χ1) is 10.7. The lowest BCUT2D eigenvalue weighted by Crippen LogP contribution is -2.17. The van der Waals surface area contributed by atoms with Gasteiger partial charge in [-0.25, -0.2) is 5.43 Å². The van der Waals surface area contributed by atoms with Crippen molar-refractivity contribution in [1.29, 1.82) is 0 Å². The van der Waals surface area contributed by atoms with Crippen LogP contribution in [0.25, 0.3) is 0 Å². The smallest absolute Gasteiger partial charge is 0.271 e. The third-order valence-corrected chi connectivity index (χ3v) is 3.26. The fourth-order valence-corrected chi connectivity index (χ4v) is 1.97. The van der Waals surface area contributed by atoms with Gasteiger partial charge in [-0.2, -0.15) is 5.10 Å². The fraction of sp³-hybridized carbons (Fsp3) is 0.125. The number of nitrogens with zero attached hydrogens (tertiary/aromatic N) is 1. The first-order valence-corrected chi connectivity index (χ1v) is 6.83. The van der Waals surface area contributed by atoms with E-state index in [1.54, 1.807) is 30.3 Å². The van der Waals surface area contributed by atoms with Gasteiger partial charge in [-0.3, -0.25) is 4.79 Å². The molecule has 0 aliphatic heterocycles. The quantitative estimate of drug-likeness (QED) is 0.680. The van der Waals surface area contributed by atoms with Gasteiger partial charge < -0.3 is 9.47 Å². The fourth-order valence-electron chi connectivity index (χ4n) is 1.78. The molecule has 1 amide bonds. The predicted molar refractivity (Wildman–Crippen MR) is 86.1 cm³/mol. The summed E-state index contributed by atoms with van der Waals surface area (Å²) in [6, 6.07) is 12.1. The number of nitrogens with one attached hydrogen (secondary N) is 1. The van der Waals surface area contributed by atoms with Gasteiger partial charge >= 0.3 is 0 Å². The van der Waals surface area contributed by atoms with E-state index < -0.39 is 0 Å². The number of methoxy groups -OCH3 is 2. The Hall–Kier alpha value is -2.53. The summed E-state index contributed by atoms with van der Waals surface area (Å²) < 4.78 is 10.3. The Bertz CT molecular complexity index is 702. The van der Waals surface area contributed by atoms with Crippen molar-refractivity contribution in [2.45, 2.75) is 0 Å².